The Bertz CT molecular complexity index is 314. The van der Waals surface area contributed by atoms with Crippen molar-refractivity contribution < 1.29 is 5.11 Å². The van der Waals surface area contributed by atoms with Crippen LogP contribution in [0.4, 0.5) is 0 Å². The molecule has 0 radical (unpaired) electrons. The van der Waals surface area contributed by atoms with Gasteiger partial charge in [-0.15, -0.1) is 5.10 Å². The van der Waals surface area contributed by atoms with Crippen molar-refractivity contribution in [3.05, 3.63) is 11.4 Å². The average molecular weight is 212 g/mol. The van der Waals surface area contributed by atoms with Gasteiger partial charge in [0.05, 0.1) is 11.4 Å². The van der Waals surface area contributed by atoms with Crippen LogP contribution in [0.2, 0.25) is 0 Å². The average Bonchev–Trinajstić information content (AvgIpc) is 2.56. The van der Waals surface area contributed by atoms with E-state index in [1.165, 1.54) is 0 Å². The Morgan fingerprint density at radius 2 is 2.07 bits per heavy atom. The molecule has 1 aromatic rings. The SMILES string of the molecule is CC(C)(C)c1c(CN)nnn1CCCO. The van der Waals surface area contributed by atoms with E-state index < -0.39 is 0 Å². The van der Waals surface area contributed by atoms with E-state index in [2.05, 4.69) is 31.1 Å². The largest absolute Gasteiger partial charge is 0.396 e. The molecule has 5 nitrogen and oxygen atoms in total. The Hall–Kier alpha value is -0.940. The highest BCUT2D eigenvalue weighted by Crippen LogP contribution is 2.24. The quantitative estimate of drug-likeness (QED) is 0.758. The normalized spacial score (nSPS) is 12.1. The van der Waals surface area contributed by atoms with Gasteiger partial charge in [0.25, 0.3) is 0 Å². The van der Waals surface area contributed by atoms with Crippen LogP contribution < -0.4 is 5.73 Å². The number of hydrogen-bond donors (Lipinski definition) is 2. The molecule has 0 aliphatic rings. The lowest BCUT2D eigenvalue weighted by atomic mass is 9.90. The molecule has 1 aromatic heterocycles. The van der Waals surface area contributed by atoms with Gasteiger partial charge in [-0.25, -0.2) is 4.68 Å². The lowest BCUT2D eigenvalue weighted by Crippen LogP contribution is -2.21. The van der Waals surface area contributed by atoms with Gasteiger partial charge in [0.2, 0.25) is 0 Å². The lowest BCUT2D eigenvalue weighted by Gasteiger charge is -2.20. The van der Waals surface area contributed by atoms with E-state index in [0.717, 1.165) is 11.4 Å². The second-order valence-corrected chi connectivity index (χ2v) is 4.64. The number of aliphatic hydroxyl groups excluding tert-OH is 1. The predicted octanol–water partition coefficient (Wildman–Crippen LogP) is 0.417. The molecule has 0 aliphatic heterocycles. The Morgan fingerprint density at radius 3 is 2.53 bits per heavy atom. The maximum atomic E-state index is 8.80. The molecule has 1 heterocycles. The second kappa shape index (κ2) is 4.72. The van der Waals surface area contributed by atoms with E-state index in [0.29, 0.717) is 19.5 Å². The van der Waals surface area contributed by atoms with Gasteiger partial charge >= 0.3 is 0 Å². The standard InChI is InChI=1S/C10H20N4O/c1-10(2,3)9-8(7-11)12-13-14(9)5-4-6-15/h15H,4-7,11H2,1-3H3. The van der Waals surface area contributed by atoms with Gasteiger partial charge in [0.15, 0.2) is 0 Å². The minimum absolute atomic E-state index is 0.0202. The van der Waals surface area contributed by atoms with E-state index in [-0.39, 0.29) is 12.0 Å². The fourth-order valence-corrected chi connectivity index (χ4v) is 1.68. The summed E-state index contributed by atoms with van der Waals surface area (Å²) in [4.78, 5) is 0. The minimum atomic E-state index is -0.0202. The summed E-state index contributed by atoms with van der Waals surface area (Å²) in [5.41, 5.74) is 7.52. The van der Waals surface area contributed by atoms with Crippen molar-refractivity contribution >= 4 is 0 Å². The van der Waals surface area contributed by atoms with Crippen LogP contribution in [0, 0.1) is 0 Å². The Morgan fingerprint density at radius 1 is 1.40 bits per heavy atom. The Labute approximate surface area is 90.3 Å². The molecule has 5 heteroatoms. The first kappa shape index (κ1) is 12.1. The molecule has 0 amide bonds. The molecule has 86 valence electrons. The number of aryl methyl sites for hydroxylation is 1. The smallest absolute Gasteiger partial charge is 0.1000 e. The summed E-state index contributed by atoms with van der Waals surface area (Å²) in [6.45, 7) is 7.60. The second-order valence-electron chi connectivity index (χ2n) is 4.64. The summed E-state index contributed by atoms with van der Waals surface area (Å²) >= 11 is 0. The predicted molar refractivity (Wildman–Crippen MR) is 58.3 cm³/mol. The highest BCUT2D eigenvalue weighted by atomic mass is 16.3. The molecule has 0 unspecified atom stereocenters. The zero-order chi connectivity index (χ0) is 11.5. The van der Waals surface area contributed by atoms with Crippen molar-refractivity contribution in [2.45, 2.75) is 45.7 Å². The summed E-state index contributed by atoms with van der Waals surface area (Å²) in [7, 11) is 0. The zero-order valence-electron chi connectivity index (χ0n) is 9.69. The third-order valence-electron chi connectivity index (χ3n) is 2.24. The molecule has 0 bridgehead atoms. The molecule has 15 heavy (non-hydrogen) atoms. The number of aromatic nitrogens is 3. The molecule has 0 fully saturated rings. The molecule has 3 N–H and O–H groups in total. The molecule has 1 rings (SSSR count). The highest BCUT2D eigenvalue weighted by Gasteiger charge is 2.24. The van der Waals surface area contributed by atoms with Gasteiger partial charge in [-0.1, -0.05) is 26.0 Å². The van der Waals surface area contributed by atoms with Gasteiger partial charge in [0.1, 0.15) is 0 Å². The van der Waals surface area contributed by atoms with Crippen molar-refractivity contribution in [2.24, 2.45) is 5.73 Å². The van der Waals surface area contributed by atoms with E-state index in [9.17, 15) is 0 Å². The number of nitrogens with zero attached hydrogens (tertiary/aromatic N) is 3. The Balaban J connectivity index is 3.01. The van der Waals surface area contributed by atoms with Gasteiger partial charge in [-0.05, 0) is 6.42 Å². The monoisotopic (exact) mass is 212 g/mol. The van der Waals surface area contributed by atoms with E-state index in [4.69, 9.17) is 10.8 Å². The zero-order valence-corrected chi connectivity index (χ0v) is 9.69. The summed E-state index contributed by atoms with van der Waals surface area (Å²) < 4.78 is 1.85. The van der Waals surface area contributed by atoms with Gasteiger partial charge in [-0.2, -0.15) is 0 Å². The van der Waals surface area contributed by atoms with Gasteiger partial charge < -0.3 is 10.8 Å². The summed E-state index contributed by atoms with van der Waals surface area (Å²) in [5.74, 6) is 0. The highest BCUT2D eigenvalue weighted by molar-refractivity contribution is 5.19. The van der Waals surface area contributed by atoms with Crippen molar-refractivity contribution in [1.29, 1.82) is 0 Å². The number of nitrogens with two attached hydrogens (primary N) is 1. The van der Waals surface area contributed by atoms with Crippen molar-refractivity contribution in [3.63, 3.8) is 0 Å². The van der Waals surface area contributed by atoms with Crippen LogP contribution in [0.3, 0.4) is 0 Å². The number of aliphatic hydroxyl groups is 1. The first-order valence-corrected chi connectivity index (χ1v) is 5.24. The molecule has 0 aliphatic carbocycles. The molecular weight excluding hydrogens is 192 g/mol. The maximum Gasteiger partial charge on any atom is 0.1000 e. The van der Waals surface area contributed by atoms with E-state index in [1.54, 1.807) is 0 Å². The first-order valence-electron chi connectivity index (χ1n) is 5.24. The van der Waals surface area contributed by atoms with Crippen molar-refractivity contribution in [3.8, 4) is 0 Å². The fourth-order valence-electron chi connectivity index (χ4n) is 1.68. The summed E-state index contributed by atoms with van der Waals surface area (Å²) in [6, 6.07) is 0. The van der Waals surface area contributed by atoms with Gasteiger partial charge in [0, 0.05) is 25.1 Å². The van der Waals surface area contributed by atoms with Gasteiger partial charge in [-0.3, -0.25) is 0 Å². The first-order chi connectivity index (χ1) is 7.00. The number of rotatable bonds is 4. The molecule has 0 spiro atoms. The Kier molecular flexibility index (Phi) is 3.82. The molecule has 0 saturated heterocycles. The van der Waals surface area contributed by atoms with Crippen LogP contribution in [0.15, 0.2) is 0 Å². The lowest BCUT2D eigenvalue weighted by molar-refractivity contribution is 0.273. The van der Waals surface area contributed by atoms with Crippen LogP contribution in [0.5, 0.6) is 0 Å². The molecule has 0 aromatic carbocycles. The molecular formula is C10H20N4O. The van der Waals surface area contributed by atoms with Crippen LogP contribution in [-0.2, 0) is 18.5 Å². The van der Waals surface area contributed by atoms with Crippen LogP contribution in [0.1, 0.15) is 38.6 Å². The number of hydrogen-bond acceptors (Lipinski definition) is 4. The topological polar surface area (TPSA) is 77.0 Å². The van der Waals surface area contributed by atoms with Crippen LogP contribution in [-0.4, -0.2) is 26.7 Å². The molecule has 0 atom stereocenters. The maximum absolute atomic E-state index is 8.80. The van der Waals surface area contributed by atoms with Crippen molar-refractivity contribution in [1.82, 2.24) is 15.0 Å². The van der Waals surface area contributed by atoms with Crippen LogP contribution in [0.25, 0.3) is 0 Å². The van der Waals surface area contributed by atoms with Crippen LogP contribution >= 0.6 is 0 Å². The third kappa shape index (κ3) is 2.76. The minimum Gasteiger partial charge on any atom is -0.396 e. The fraction of sp³-hybridized carbons (Fsp3) is 0.800. The van der Waals surface area contributed by atoms with E-state index in [1.807, 2.05) is 4.68 Å². The summed E-state index contributed by atoms with van der Waals surface area (Å²) in [6.07, 6.45) is 0.691. The summed E-state index contributed by atoms with van der Waals surface area (Å²) in [5, 5.41) is 16.9. The molecule has 0 saturated carbocycles. The van der Waals surface area contributed by atoms with Crippen molar-refractivity contribution in [2.75, 3.05) is 6.61 Å². The third-order valence-corrected chi connectivity index (χ3v) is 2.24. The van der Waals surface area contributed by atoms with E-state index >= 15 is 0 Å².